The van der Waals surface area contributed by atoms with Crippen molar-refractivity contribution in [1.82, 2.24) is 5.32 Å². The number of carboxylic acids is 1. The van der Waals surface area contributed by atoms with Crippen LogP contribution in [0, 0.1) is 13.8 Å². The highest BCUT2D eigenvalue weighted by Crippen LogP contribution is 2.30. The first-order valence-electron chi connectivity index (χ1n) is 10.7. The maximum Gasteiger partial charge on any atom is 0.305 e. The van der Waals surface area contributed by atoms with Crippen molar-refractivity contribution >= 4 is 23.6 Å². The predicted molar refractivity (Wildman–Crippen MR) is 122 cm³/mol. The molecule has 0 aromatic heterocycles. The summed E-state index contributed by atoms with van der Waals surface area (Å²) in [4.78, 5) is 22.3. The average molecular weight is 425 g/mol. The summed E-state index contributed by atoms with van der Waals surface area (Å²) in [7, 11) is 0. The summed E-state index contributed by atoms with van der Waals surface area (Å²) in [6, 6.07) is 12.8. The fourth-order valence-corrected chi connectivity index (χ4v) is 3.93. The minimum atomic E-state index is -1.05. The molecule has 0 saturated heterocycles. The number of aliphatic carboxylic acids is 1. The third-order valence-corrected chi connectivity index (χ3v) is 5.66. The summed E-state index contributed by atoms with van der Waals surface area (Å²) >= 11 is 0. The number of rotatable bonds is 8. The molecule has 3 rings (SSSR count). The lowest BCUT2D eigenvalue weighted by atomic mass is 9.94. The Morgan fingerprint density at radius 1 is 1.10 bits per heavy atom. The number of amides is 1. The second-order valence-corrected chi connectivity index (χ2v) is 8.12. The number of hydrogen-bond acceptors (Lipinski definition) is 3. The van der Waals surface area contributed by atoms with E-state index in [4.69, 9.17) is 5.11 Å². The minimum Gasteiger partial charge on any atom is -0.481 e. The smallest absolute Gasteiger partial charge is 0.305 e. The quantitative estimate of drug-likeness (QED) is 0.507. The predicted octanol–water partition coefficient (Wildman–Crippen LogP) is 5.23. The van der Waals surface area contributed by atoms with Crippen LogP contribution < -0.4 is 10.6 Å². The Hall–Kier alpha value is -3.15. The number of aryl methyl sites for hydroxylation is 2. The lowest BCUT2D eigenvalue weighted by Crippen LogP contribution is -2.26. The van der Waals surface area contributed by atoms with Crippen molar-refractivity contribution in [2.24, 2.45) is 0 Å². The van der Waals surface area contributed by atoms with Crippen LogP contribution >= 0.6 is 0 Å². The molecule has 0 bridgehead atoms. The molecule has 1 saturated carbocycles. The zero-order chi connectivity index (χ0) is 22.4. The van der Waals surface area contributed by atoms with Crippen LogP contribution in [0.15, 0.2) is 42.2 Å². The molecular formula is C25H29FN2O3. The van der Waals surface area contributed by atoms with Gasteiger partial charge in [0.25, 0.3) is 5.91 Å². The first kappa shape index (κ1) is 22.5. The van der Waals surface area contributed by atoms with Gasteiger partial charge in [0, 0.05) is 18.3 Å². The number of benzene rings is 2. The summed E-state index contributed by atoms with van der Waals surface area (Å²) in [5.74, 6) is -2.90. The molecule has 3 N–H and O–H groups in total. The summed E-state index contributed by atoms with van der Waals surface area (Å²) in [5.41, 5.74) is 5.72. The molecule has 1 amide bonds. The van der Waals surface area contributed by atoms with Gasteiger partial charge in [0.05, 0.1) is 6.42 Å². The third-order valence-electron chi connectivity index (χ3n) is 5.66. The summed E-state index contributed by atoms with van der Waals surface area (Å²) in [6.45, 7) is 3.72. The maximum atomic E-state index is 14.2. The van der Waals surface area contributed by atoms with Gasteiger partial charge in [-0.05, 0) is 72.7 Å². The molecule has 0 heterocycles. The molecule has 164 valence electrons. The van der Waals surface area contributed by atoms with Gasteiger partial charge in [0.15, 0.2) is 5.83 Å². The fraction of sp³-hybridized carbons (Fsp3) is 0.360. The molecule has 31 heavy (non-hydrogen) atoms. The van der Waals surface area contributed by atoms with Gasteiger partial charge < -0.3 is 15.7 Å². The van der Waals surface area contributed by atoms with Crippen molar-refractivity contribution < 1.29 is 19.1 Å². The molecule has 1 aliphatic rings. The molecule has 1 aliphatic carbocycles. The van der Waals surface area contributed by atoms with Crippen molar-refractivity contribution in [2.75, 3.05) is 11.9 Å². The van der Waals surface area contributed by atoms with E-state index in [2.05, 4.69) is 34.9 Å². The highest BCUT2D eigenvalue weighted by molar-refractivity contribution is 5.96. The minimum absolute atomic E-state index is 0.113. The second-order valence-electron chi connectivity index (χ2n) is 8.12. The topological polar surface area (TPSA) is 78.4 Å². The van der Waals surface area contributed by atoms with Gasteiger partial charge in [0.2, 0.25) is 0 Å². The Kier molecular flexibility index (Phi) is 7.45. The summed E-state index contributed by atoms with van der Waals surface area (Å²) < 4.78 is 14.2. The van der Waals surface area contributed by atoms with E-state index < -0.39 is 17.7 Å². The first-order valence-corrected chi connectivity index (χ1v) is 10.7. The molecule has 1 fully saturated rings. The van der Waals surface area contributed by atoms with Gasteiger partial charge in [-0.3, -0.25) is 9.59 Å². The van der Waals surface area contributed by atoms with Gasteiger partial charge in [-0.2, -0.15) is 0 Å². The lowest BCUT2D eigenvalue weighted by molar-refractivity contribution is -0.136. The van der Waals surface area contributed by atoms with E-state index >= 15 is 0 Å². The van der Waals surface area contributed by atoms with Crippen LogP contribution in [-0.4, -0.2) is 29.6 Å². The molecule has 0 spiro atoms. The molecule has 0 aliphatic heterocycles. The molecule has 2 aromatic carbocycles. The van der Waals surface area contributed by atoms with Crippen molar-refractivity contribution in [3.05, 3.63) is 58.9 Å². The molecular weight excluding hydrogens is 395 g/mol. The van der Waals surface area contributed by atoms with Gasteiger partial charge >= 0.3 is 5.97 Å². The Labute approximate surface area is 182 Å². The molecule has 0 unspecified atom stereocenters. The third kappa shape index (κ3) is 6.17. The molecule has 6 heteroatoms. The van der Waals surface area contributed by atoms with E-state index in [1.165, 1.54) is 31.8 Å². The molecule has 0 atom stereocenters. The van der Waals surface area contributed by atoms with E-state index in [0.29, 0.717) is 11.6 Å². The van der Waals surface area contributed by atoms with Crippen LogP contribution in [0.5, 0.6) is 0 Å². The van der Waals surface area contributed by atoms with Crippen LogP contribution in [0.1, 0.15) is 48.8 Å². The van der Waals surface area contributed by atoms with E-state index in [9.17, 15) is 14.0 Å². The van der Waals surface area contributed by atoms with Crippen LogP contribution in [0.3, 0.4) is 0 Å². The Bertz CT molecular complexity index is 977. The average Bonchev–Trinajstić information content (AvgIpc) is 3.24. The van der Waals surface area contributed by atoms with Crippen molar-refractivity contribution in [3.8, 4) is 11.1 Å². The van der Waals surface area contributed by atoms with Crippen LogP contribution in [0.25, 0.3) is 17.2 Å². The number of hydrogen-bond donors (Lipinski definition) is 3. The van der Waals surface area contributed by atoms with Crippen LogP contribution in [0.2, 0.25) is 0 Å². The standard InChI is InChI=1S/C25H29FN2O3/c1-16-14-22(18-7-9-21(10-8-18)28-20-5-3-4-6-20)17(2)13-19(16)15-23(26)25(31)27-12-11-24(29)30/h7-10,13-15,20,28H,3-6,11-12H2,1-2H3,(H,27,31)(H,29,30). The van der Waals surface area contributed by atoms with Gasteiger partial charge in [-0.25, -0.2) is 4.39 Å². The molecule has 2 aromatic rings. The first-order chi connectivity index (χ1) is 14.8. The number of anilines is 1. The van der Waals surface area contributed by atoms with Gasteiger partial charge in [-0.1, -0.05) is 37.1 Å². The largest absolute Gasteiger partial charge is 0.481 e. The Balaban J connectivity index is 1.72. The number of carboxylic acid groups (broad SMARTS) is 1. The van der Waals surface area contributed by atoms with Crippen molar-refractivity contribution in [2.45, 2.75) is 52.0 Å². The highest BCUT2D eigenvalue weighted by Gasteiger charge is 2.15. The van der Waals surface area contributed by atoms with Crippen LogP contribution in [-0.2, 0) is 9.59 Å². The van der Waals surface area contributed by atoms with E-state index in [-0.39, 0.29) is 13.0 Å². The Morgan fingerprint density at radius 2 is 1.77 bits per heavy atom. The second kappa shape index (κ2) is 10.2. The normalized spacial score (nSPS) is 14.5. The molecule has 5 nitrogen and oxygen atoms in total. The summed E-state index contributed by atoms with van der Waals surface area (Å²) in [6.07, 6.45) is 5.98. The summed E-state index contributed by atoms with van der Waals surface area (Å²) in [5, 5.41) is 14.5. The zero-order valence-electron chi connectivity index (χ0n) is 18.0. The van der Waals surface area contributed by atoms with Crippen molar-refractivity contribution in [1.29, 1.82) is 0 Å². The van der Waals surface area contributed by atoms with E-state index in [1.54, 1.807) is 0 Å². The zero-order valence-corrected chi connectivity index (χ0v) is 18.0. The SMILES string of the molecule is Cc1cc(-c2ccc(NC3CCCC3)cc2)c(C)cc1C=C(F)C(=O)NCCC(=O)O. The van der Waals surface area contributed by atoms with E-state index in [1.807, 2.05) is 26.0 Å². The molecule has 0 radical (unpaired) electrons. The number of carbonyl (C=O) groups excluding carboxylic acids is 1. The maximum absolute atomic E-state index is 14.2. The lowest BCUT2D eigenvalue weighted by Gasteiger charge is -2.15. The van der Waals surface area contributed by atoms with Gasteiger partial charge in [0.1, 0.15) is 0 Å². The number of halogens is 1. The van der Waals surface area contributed by atoms with Crippen LogP contribution in [0.4, 0.5) is 10.1 Å². The van der Waals surface area contributed by atoms with Gasteiger partial charge in [-0.15, -0.1) is 0 Å². The van der Waals surface area contributed by atoms with Crippen molar-refractivity contribution in [3.63, 3.8) is 0 Å². The highest BCUT2D eigenvalue weighted by atomic mass is 19.1. The Morgan fingerprint density at radius 3 is 2.42 bits per heavy atom. The fourth-order valence-electron chi connectivity index (χ4n) is 3.93. The number of carbonyl (C=O) groups is 2. The number of nitrogens with one attached hydrogen (secondary N) is 2. The monoisotopic (exact) mass is 424 g/mol. The van der Waals surface area contributed by atoms with E-state index in [0.717, 1.165) is 27.9 Å².